The molecule has 6 saturated heterocycles. The van der Waals surface area contributed by atoms with Gasteiger partial charge < -0.3 is 66.9 Å². The van der Waals surface area contributed by atoms with E-state index in [2.05, 4.69) is 51.8 Å². The third-order valence-electron chi connectivity index (χ3n) is 15.9. The van der Waals surface area contributed by atoms with Gasteiger partial charge in [-0.05, 0) is 100 Å². The molecule has 8 fully saturated rings. The molecule has 2 saturated carbocycles. The van der Waals surface area contributed by atoms with Crippen molar-refractivity contribution >= 4 is 85.5 Å². The van der Waals surface area contributed by atoms with Crippen LogP contribution in [0.3, 0.4) is 0 Å². The summed E-state index contributed by atoms with van der Waals surface area (Å²) in [7, 11) is -21.9. The Morgan fingerprint density at radius 1 is 0.476 bits per heavy atom. The first kappa shape index (κ1) is 60.7. The lowest BCUT2D eigenvalue weighted by Crippen LogP contribution is -2.34. The van der Waals surface area contributed by atoms with Crippen LogP contribution >= 0.6 is 63.2 Å². The average molecular weight is 1400 g/mol. The zero-order valence-electron chi connectivity index (χ0n) is 45.5. The first-order valence-corrected chi connectivity index (χ1v) is 34.0. The van der Waals surface area contributed by atoms with E-state index in [0.29, 0.717) is 0 Å². The normalized spacial score (nSPS) is 44.4. The quantitative estimate of drug-likeness (QED) is 0.141. The number of aromatic nitrogens is 8. The molecule has 40 heteroatoms. The Balaban J connectivity index is 0.826. The van der Waals surface area contributed by atoms with Crippen LogP contribution in [0.2, 0.25) is 0 Å². The van der Waals surface area contributed by atoms with Gasteiger partial charge in [-0.3, -0.25) is 46.0 Å². The molecular formula is C44H58Br2N8O26P4. The highest BCUT2D eigenvalue weighted by Crippen LogP contribution is 2.63. The summed E-state index contributed by atoms with van der Waals surface area (Å²) in [6, 6.07) is -1.71. The van der Waals surface area contributed by atoms with Crippen molar-refractivity contribution in [1.82, 2.24) is 38.2 Å². The monoisotopic (exact) mass is 1400 g/mol. The van der Waals surface area contributed by atoms with Gasteiger partial charge in [0.25, 0.3) is 11.1 Å². The van der Waals surface area contributed by atoms with Crippen molar-refractivity contribution in [2.24, 2.45) is 11.8 Å². The van der Waals surface area contributed by atoms with Crippen LogP contribution in [0.5, 0.6) is 0 Å². The lowest BCUT2D eigenvalue weighted by molar-refractivity contribution is -0.199. The number of halogens is 2. The van der Waals surface area contributed by atoms with Gasteiger partial charge in [-0.15, -0.1) is 0 Å². The summed E-state index contributed by atoms with van der Waals surface area (Å²) >= 11 is 6.85. The predicted molar refractivity (Wildman–Crippen MR) is 282 cm³/mol. The molecule has 0 radical (unpaired) electrons. The van der Waals surface area contributed by atoms with E-state index >= 15 is 0 Å². The summed E-state index contributed by atoms with van der Waals surface area (Å²) in [6.07, 6.45) is -9.89. The van der Waals surface area contributed by atoms with Crippen LogP contribution in [0.15, 0.2) is 31.7 Å². The molecule has 10 aliphatic heterocycles. The molecule has 2 aliphatic carbocycles. The number of phosphoric ester groups is 4. The fourth-order valence-electron chi connectivity index (χ4n) is 12.9. The molecule has 16 bridgehead atoms. The number of imidazole rings is 2. The van der Waals surface area contributed by atoms with E-state index in [1.807, 2.05) is 0 Å². The van der Waals surface area contributed by atoms with Crippen LogP contribution in [0, 0.1) is 11.8 Å². The van der Waals surface area contributed by atoms with E-state index in [0.717, 1.165) is 0 Å². The van der Waals surface area contributed by atoms with Crippen LogP contribution in [-0.4, -0.2) is 168 Å². The van der Waals surface area contributed by atoms with Gasteiger partial charge >= 0.3 is 31.3 Å². The van der Waals surface area contributed by atoms with Crippen molar-refractivity contribution in [1.29, 1.82) is 0 Å². The number of ether oxygens (including phenoxy) is 10. The van der Waals surface area contributed by atoms with Gasteiger partial charge in [-0.1, -0.05) is 0 Å². The maximum Gasteiger partial charge on any atom is 0.481 e. The molecule has 12 aliphatic rings. The van der Waals surface area contributed by atoms with Crippen molar-refractivity contribution < 1.29 is 112 Å². The van der Waals surface area contributed by atoms with Crippen LogP contribution < -0.4 is 11.1 Å². The summed E-state index contributed by atoms with van der Waals surface area (Å²) < 4.78 is 153. The molecule has 464 valence electrons. The first-order chi connectivity index (χ1) is 39.1. The maximum absolute atomic E-state index is 14.6. The second-order valence-electron chi connectivity index (χ2n) is 23.5. The fraction of sp³-hybridized carbons (Fsp3) is 0.773. The van der Waals surface area contributed by atoms with Gasteiger partial charge in [0.15, 0.2) is 67.4 Å². The number of rotatable bonds is 0. The smallest absolute Gasteiger partial charge is 0.347 e. The highest BCUT2D eigenvalue weighted by molar-refractivity contribution is 9.10. The topological polar surface area (TPSA) is 402 Å². The van der Waals surface area contributed by atoms with E-state index in [1.54, 1.807) is 55.4 Å². The van der Waals surface area contributed by atoms with Crippen molar-refractivity contribution in [2.45, 2.75) is 177 Å². The minimum atomic E-state index is -5.48. The van der Waals surface area contributed by atoms with E-state index in [9.17, 15) is 47.4 Å². The lowest BCUT2D eigenvalue weighted by Gasteiger charge is -2.26. The molecule has 4 N–H and O–H groups in total. The Morgan fingerprint density at radius 3 is 1.14 bits per heavy atom. The maximum atomic E-state index is 14.6. The van der Waals surface area contributed by atoms with Gasteiger partial charge in [0.1, 0.15) is 61.5 Å². The molecule has 16 rings (SSSR count). The minimum Gasteiger partial charge on any atom is -0.347 e. The Labute approximate surface area is 491 Å². The molecule has 4 unspecified atom stereocenters. The predicted octanol–water partition coefficient (Wildman–Crippen LogP) is 4.24. The van der Waals surface area contributed by atoms with Crippen LogP contribution in [0.1, 0.15) is 92.8 Å². The third-order valence-corrected chi connectivity index (χ3v) is 22.2. The Kier molecular flexibility index (Phi) is 14.9. The first-order valence-electron chi connectivity index (χ1n) is 26.4. The molecule has 0 aromatic carbocycles. The van der Waals surface area contributed by atoms with Crippen molar-refractivity contribution in [3.05, 3.63) is 42.8 Å². The summed E-state index contributed by atoms with van der Waals surface area (Å²) in [5, 5.41) is 0. The molecule has 4 aromatic rings. The van der Waals surface area contributed by atoms with E-state index in [-0.39, 0.29) is 44.6 Å². The van der Waals surface area contributed by atoms with Crippen LogP contribution in [0.25, 0.3) is 22.3 Å². The number of hydrogen-bond acceptors (Lipinski definition) is 26. The summed E-state index contributed by atoms with van der Waals surface area (Å²) in [5.74, 6) is -6.57. The largest absolute Gasteiger partial charge is 0.481 e. The standard InChI is InChI=1S/C44H58Br2N8O26P4/c1-41(2)71-25-17-9-19(27(25)73-41)51-15-47-33-23(35(51)55)49-39(45)53(33)37-31-29(75-43(5,6)77-31)22(69-37)14-68-84(63,64)80-82(59,60)66-12-18-10-20(28-26(18)72-42(3,4)74-28)52-16-48-34-24(36(52)56)50-40(46)54(34)38-32-30(76-44(7,8)78-32)21(70-38)13-67-83(61,62)79-81(57,58)65-11-17/h15-22,25-32,37-38H,9-14H2,1-8H3,(H,57,58)(H,59,60)(H,61,62)(H,63,64)/t17-,18-,19-,20-,21-,22-,25-,26-,27+,28+,29-,30-,31-,32-,37-,38-/m1/s1. The summed E-state index contributed by atoms with van der Waals surface area (Å²) in [6.45, 7) is 10.2. The SMILES string of the molecule is CC1(C)O[C@@H]2[C@H]3COP(=O)(O)OP(=O)(O)OC[C@H]4O[C@H]([C@@H]5OC(C)(C)O[C@@H]54)n4c(Br)nc5c(=O)n(cnc54)[C@@H]4C[C@H](COP(=O)(O)OP(=O)(O)OC[C@H]5O[C@H]([C@@H]6OC(C)(C)O[C@@H]65)n5c(Br)nc6c(=O)n(cnc65)[C@H](C3)[C@@H]2O1)[C@H]1OC(C)(C)O[C@H]14. The molecule has 14 heterocycles. The molecule has 0 spiro atoms. The van der Waals surface area contributed by atoms with Crippen LogP contribution in [0.4, 0.5) is 0 Å². The van der Waals surface area contributed by atoms with Crippen molar-refractivity contribution in [2.75, 3.05) is 26.4 Å². The second-order valence-corrected chi connectivity index (χ2v) is 31.0. The Morgan fingerprint density at radius 2 is 0.786 bits per heavy atom. The molecule has 84 heavy (non-hydrogen) atoms. The highest BCUT2D eigenvalue weighted by atomic mass is 79.9. The molecule has 20 atom stereocenters. The van der Waals surface area contributed by atoms with Crippen molar-refractivity contribution in [3.63, 3.8) is 0 Å². The van der Waals surface area contributed by atoms with Gasteiger partial charge in [-0.25, -0.2) is 38.2 Å². The lowest BCUT2D eigenvalue weighted by atomic mass is 10.1. The van der Waals surface area contributed by atoms with E-state index < -0.39 is 189 Å². The Bertz CT molecular complexity index is 3430. The zero-order valence-corrected chi connectivity index (χ0v) is 52.3. The highest BCUT2D eigenvalue weighted by Gasteiger charge is 2.61. The molecule has 0 amide bonds. The number of phosphoric acid groups is 4. The Hall–Kier alpha value is -2.22. The average Bonchev–Trinajstić information content (AvgIpc) is 1.82. The van der Waals surface area contributed by atoms with Crippen molar-refractivity contribution in [3.8, 4) is 0 Å². The fourth-order valence-corrected chi connectivity index (χ4v) is 18.3. The minimum absolute atomic E-state index is 0.00820. The van der Waals surface area contributed by atoms with Gasteiger partial charge in [0.05, 0.1) is 50.7 Å². The molecule has 4 aromatic heterocycles. The number of fused-ring (bicyclic) bond motifs is 4. The summed E-state index contributed by atoms with van der Waals surface area (Å²) in [5.41, 5.74) is -1.68. The zero-order chi connectivity index (χ0) is 60.0. The molecular weight excluding hydrogens is 1340 g/mol. The molecule has 34 nitrogen and oxygen atoms in total. The summed E-state index contributed by atoms with van der Waals surface area (Å²) in [4.78, 5) is 91.2. The van der Waals surface area contributed by atoms with E-state index in [1.165, 1.54) is 30.9 Å². The third kappa shape index (κ3) is 11.0. The number of nitrogens with zero attached hydrogens (tertiary/aromatic N) is 8. The van der Waals surface area contributed by atoms with Crippen LogP contribution in [-0.2, 0) is 92.3 Å². The van der Waals surface area contributed by atoms with Gasteiger partial charge in [0.2, 0.25) is 0 Å². The number of hydrogen-bond donors (Lipinski definition) is 4. The van der Waals surface area contributed by atoms with Gasteiger partial charge in [-0.2, -0.15) is 8.62 Å². The van der Waals surface area contributed by atoms with E-state index in [4.69, 9.17) is 74.1 Å². The van der Waals surface area contributed by atoms with Gasteiger partial charge in [0, 0.05) is 11.8 Å². The second kappa shape index (κ2) is 20.7.